The van der Waals surface area contributed by atoms with Crippen LogP contribution in [0.15, 0.2) is 5.38 Å². The molecule has 0 bridgehead atoms. The van der Waals surface area contributed by atoms with Gasteiger partial charge in [0.05, 0.1) is 5.69 Å². The molecular formula is C12H20N2S. The minimum Gasteiger partial charge on any atom is -0.361 e. The van der Waals surface area contributed by atoms with Gasteiger partial charge in [0.25, 0.3) is 0 Å². The summed E-state index contributed by atoms with van der Waals surface area (Å²) < 4.78 is 0. The maximum Gasteiger partial charge on any atom is 0.182 e. The third-order valence-corrected chi connectivity index (χ3v) is 4.34. The molecule has 0 spiro atoms. The van der Waals surface area contributed by atoms with E-state index in [-0.39, 0.29) is 0 Å². The van der Waals surface area contributed by atoms with Crippen LogP contribution in [0.3, 0.4) is 0 Å². The lowest BCUT2D eigenvalue weighted by molar-refractivity contribution is 0.268. The van der Waals surface area contributed by atoms with Crippen molar-refractivity contribution in [3.8, 4) is 0 Å². The highest BCUT2D eigenvalue weighted by Crippen LogP contribution is 2.29. The Bertz CT molecular complexity index is 308. The zero-order valence-electron chi connectivity index (χ0n) is 9.62. The number of aryl methyl sites for hydroxylation is 1. The highest BCUT2D eigenvalue weighted by Gasteiger charge is 2.20. The van der Waals surface area contributed by atoms with Crippen molar-refractivity contribution < 1.29 is 0 Å². The molecule has 1 fully saturated rings. The zero-order chi connectivity index (χ0) is 10.7. The van der Waals surface area contributed by atoms with E-state index in [1.165, 1.54) is 25.7 Å². The van der Waals surface area contributed by atoms with Crippen molar-refractivity contribution in [3.63, 3.8) is 0 Å². The summed E-state index contributed by atoms with van der Waals surface area (Å²) in [6.45, 7) is 5.54. The summed E-state index contributed by atoms with van der Waals surface area (Å²) in [5, 5.41) is 6.67. The largest absolute Gasteiger partial charge is 0.361 e. The average Bonchev–Trinajstić information content (AvgIpc) is 2.63. The summed E-state index contributed by atoms with van der Waals surface area (Å²) in [7, 11) is 0. The predicted molar refractivity (Wildman–Crippen MR) is 66.5 cm³/mol. The molecule has 1 aliphatic carbocycles. The van der Waals surface area contributed by atoms with Crippen molar-refractivity contribution in [1.29, 1.82) is 0 Å². The normalized spacial score (nSPS) is 26.5. The van der Waals surface area contributed by atoms with Gasteiger partial charge in [-0.25, -0.2) is 4.98 Å². The van der Waals surface area contributed by atoms with Crippen LogP contribution >= 0.6 is 11.3 Å². The summed E-state index contributed by atoms with van der Waals surface area (Å²) in [4.78, 5) is 4.43. The summed E-state index contributed by atoms with van der Waals surface area (Å²) in [6, 6.07) is 0. The van der Waals surface area contributed by atoms with Gasteiger partial charge in [-0.05, 0) is 25.2 Å². The molecule has 0 aromatic carbocycles. The van der Waals surface area contributed by atoms with Gasteiger partial charge in [0.2, 0.25) is 0 Å². The van der Waals surface area contributed by atoms with E-state index < -0.39 is 0 Å². The van der Waals surface area contributed by atoms with E-state index >= 15 is 0 Å². The van der Waals surface area contributed by atoms with Gasteiger partial charge in [-0.1, -0.05) is 26.2 Å². The molecule has 3 heteroatoms. The van der Waals surface area contributed by atoms with Gasteiger partial charge in [0.1, 0.15) is 0 Å². The fourth-order valence-corrected chi connectivity index (χ4v) is 3.05. The number of nitrogens with one attached hydrogen (secondary N) is 1. The molecule has 0 radical (unpaired) electrons. The first-order chi connectivity index (χ1) is 7.25. The number of hydrogen-bond acceptors (Lipinski definition) is 3. The van der Waals surface area contributed by atoms with Crippen LogP contribution in [0, 0.1) is 18.8 Å². The van der Waals surface area contributed by atoms with Gasteiger partial charge in [-0.3, -0.25) is 0 Å². The Labute approximate surface area is 96.1 Å². The number of anilines is 1. The van der Waals surface area contributed by atoms with Crippen LogP contribution in [0.4, 0.5) is 5.13 Å². The van der Waals surface area contributed by atoms with E-state index in [4.69, 9.17) is 0 Å². The van der Waals surface area contributed by atoms with E-state index in [2.05, 4.69) is 22.6 Å². The Morgan fingerprint density at radius 2 is 2.27 bits per heavy atom. The number of thiazole rings is 1. The summed E-state index contributed by atoms with van der Waals surface area (Å²) in [5.74, 6) is 1.73. The van der Waals surface area contributed by atoms with E-state index in [0.29, 0.717) is 0 Å². The molecule has 0 saturated heterocycles. The van der Waals surface area contributed by atoms with E-state index in [1.807, 2.05) is 6.92 Å². The molecular weight excluding hydrogens is 204 g/mol. The lowest BCUT2D eigenvalue weighted by Crippen LogP contribution is -2.24. The van der Waals surface area contributed by atoms with Crippen molar-refractivity contribution in [3.05, 3.63) is 11.1 Å². The summed E-state index contributed by atoms with van der Waals surface area (Å²) in [5.41, 5.74) is 1.12. The van der Waals surface area contributed by atoms with Crippen LogP contribution in [0.25, 0.3) is 0 Å². The lowest BCUT2D eigenvalue weighted by atomic mass is 9.80. The topological polar surface area (TPSA) is 24.9 Å². The summed E-state index contributed by atoms with van der Waals surface area (Å²) in [6.07, 6.45) is 5.63. The maximum absolute atomic E-state index is 4.43. The Hall–Kier alpha value is -0.570. The number of aromatic nitrogens is 1. The van der Waals surface area contributed by atoms with Crippen molar-refractivity contribution >= 4 is 16.5 Å². The predicted octanol–water partition coefficient (Wildman–Crippen LogP) is 3.69. The van der Waals surface area contributed by atoms with Crippen molar-refractivity contribution in [1.82, 2.24) is 4.98 Å². The van der Waals surface area contributed by atoms with Crippen LogP contribution in [0.2, 0.25) is 0 Å². The Balaban J connectivity index is 1.81. The molecule has 84 valence electrons. The van der Waals surface area contributed by atoms with Crippen LogP contribution < -0.4 is 5.32 Å². The monoisotopic (exact) mass is 224 g/mol. The molecule has 2 nitrogen and oxygen atoms in total. The molecule has 1 aliphatic rings. The average molecular weight is 224 g/mol. The highest BCUT2D eigenvalue weighted by molar-refractivity contribution is 7.13. The minimum atomic E-state index is 0.850. The molecule has 2 unspecified atom stereocenters. The van der Waals surface area contributed by atoms with E-state index in [9.17, 15) is 0 Å². The van der Waals surface area contributed by atoms with Crippen LogP contribution in [-0.2, 0) is 0 Å². The molecule has 1 aromatic heterocycles. The Morgan fingerprint density at radius 3 is 2.93 bits per heavy atom. The second-order valence-corrected chi connectivity index (χ2v) is 5.55. The highest BCUT2D eigenvalue weighted by atomic mass is 32.1. The van der Waals surface area contributed by atoms with E-state index in [1.54, 1.807) is 11.3 Å². The first-order valence-corrected chi connectivity index (χ1v) is 6.79. The molecule has 0 aliphatic heterocycles. The Kier molecular flexibility index (Phi) is 3.62. The third-order valence-electron chi connectivity index (χ3n) is 3.42. The molecule has 1 aromatic rings. The number of hydrogen-bond donors (Lipinski definition) is 1. The first-order valence-electron chi connectivity index (χ1n) is 5.91. The SMILES string of the molecule is Cc1csc(NCC2CCCCC2C)n1. The minimum absolute atomic E-state index is 0.850. The van der Waals surface area contributed by atoms with Gasteiger partial charge in [-0.15, -0.1) is 11.3 Å². The second-order valence-electron chi connectivity index (χ2n) is 4.70. The fourth-order valence-electron chi connectivity index (χ4n) is 2.35. The van der Waals surface area contributed by atoms with Crippen LogP contribution in [0.1, 0.15) is 38.3 Å². The second kappa shape index (κ2) is 4.97. The number of rotatable bonds is 3. The molecule has 1 saturated carbocycles. The van der Waals surface area contributed by atoms with Crippen molar-refractivity contribution in [2.75, 3.05) is 11.9 Å². The van der Waals surface area contributed by atoms with Crippen LogP contribution in [0.5, 0.6) is 0 Å². The molecule has 15 heavy (non-hydrogen) atoms. The molecule has 1 heterocycles. The molecule has 1 N–H and O–H groups in total. The first kappa shape index (κ1) is 10.9. The molecule has 2 rings (SSSR count). The lowest BCUT2D eigenvalue weighted by Gasteiger charge is -2.28. The van der Waals surface area contributed by atoms with Gasteiger partial charge in [0.15, 0.2) is 5.13 Å². The van der Waals surface area contributed by atoms with E-state index in [0.717, 1.165) is 29.2 Å². The Morgan fingerprint density at radius 1 is 1.47 bits per heavy atom. The van der Waals surface area contributed by atoms with Crippen molar-refractivity contribution in [2.24, 2.45) is 11.8 Å². The zero-order valence-corrected chi connectivity index (χ0v) is 10.4. The standard InChI is InChI=1S/C12H20N2S/c1-9-5-3-4-6-11(9)7-13-12-14-10(2)8-15-12/h8-9,11H,3-7H2,1-2H3,(H,13,14). The van der Waals surface area contributed by atoms with Gasteiger partial charge in [0, 0.05) is 11.9 Å². The van der Waals surface area contributed by atoms with Gasteiger partial charge in [-0.2, -0.15) is 0 Å². The van der Waals surface area contributed by atoms with Crippen molar-refractivity contribution in [2.45, 2.75) is 39.5 Å². The summed E-state index contributed by atoms with van der Waals surface area (Å²) >= 11 is 1.72. The molecule has 2 atom stereocenters. The van der Waals surface area contributed by atoms with Gasteiger partial charge < -0.3 is 5.32 Å². The van der Waals surface area contributed by atoms with Gasteiger partial charge >= 0.3 is 0 Å². The third kappa shape index (κ3) is 2.94. The maximum atomic E-state index is 4.43. The number of nitrogens with zero attached hydrogens (tertiary/aromatic N) is 1. The fraction of sp³-hybridized carbons (Fsp3) is 0.750. The molecule has 0 amide bonds. The quantitative estimate of drug-likeness (QED) is 0.847. The smallest absolute Gasteiger partial charge is 0.182 e. The van der Waals surface area contributed by atoms with Crippen LogP contribution in [-0.4, -0.2) is 11.5 Å².